The number of benzene rings is 2. The van der Waals surface area contributed by atoms with E-state index in [0.29, 0.717) is 37.0 Å². The highest BCUT2D eigenvalue weighted by Crippen LogP contribution is 2.23. The first-order valence-electron chi connectivity index (χ1n) is 11.9. The maximum Gasteiger partial charge on any atom is 0.240 e. The van der Waals surface area contributed by atoms with Gasteiger partial charge in [-0.25, -0.2) is 9.97 Å². The van der Waals surface area contributed by atoms with Crippen molar-refractivity contribution in [2.24, 2.45) is 11.7 Å². The van der Waals surface area contributed by atoms with Crippen LogP contribution in [0, 0.1) is 5.92 Å². The number of carbonyl (C=O) groups is 2. The number of fused-ring (bicyclic) bond motifs is 1. The minimum Gasteiger partial charge on any atom is -0.368 e. The Kier molecular flexibility index (Phi) is 8.20. The highest BCUT2D eigenvalue weighted by Gasteiger charge is 2.24. The summed E-state index contributed by atoms with van der Waals surface area (Å²) in [6.45, 7) is 7.36. The summed E-state index contributed by atoms with van der Waals surface area (Å²) in [6, 6.07) is 17.2. The maximum atomic E-state index is 12.7. The van der Waals surface area contributed by atoms with Crippen molar-refractivity contribution in [2.75, 3.05) is 37.2 Å². The number of hydrogen-bond donors (Lipinski definition) is 2. The molecule has 0 aliphatic carbocycles. The molecule has 0 radical (unpaired) electrons. The Morgan fingerprint density at radius 1 is 1.00 bits per heavy atom. The maximum absolute atomic E-state index is 12.7. The van der Waals surface area contributed by atoms with Gasteiger partial charge in [-0.15, -0.1) is 11.8 Å². The van der Waals surface area contributed by atoms with E-state index in [9.17, 15) is 9.59 Å². The lowest BCUT2D eigenvalue weighted by molar-refractivity contribution is -0.130. The lowest BCUT2D eigenvalue weighted by atomic mass is 10.0. The lowest BCUT2D eigenvalue weighted by Gasteiger charge is -2.34. The molecule has 1 fully saturated rings. The van der Waals surface area contributed by atoms with Crippen LogP contribution in [0.3, 0.4) is 0 Å². The van der Waals surface area contributed by atoms with Gasteiger partial charge in [0.05, 0.1) is 17.8 Å². The van der Waals surface area contributed by atoms with Crippen LogP contribution >= 0.6 is 11.8 Å². The first kappa shape index (κ1) is 24.9. The van der Waals surface area contributed by atoms with Gasteiger partial charge in [-0.3, -0.25) is 14.5 Å². The summed E-state index contributed by atoms with van der Waals surface area (Å²) in [7, 11) is 0. The average molecular weight is 493 g/mol. The summed E-state index contributed by atoms with van der Waals surface area (Å²) < 4.78 is 0. The fourth-order valence-electron chi connectivity index (χ4n) is 4.13. The molecule has 9 heteroatoms. The lowest BCUT2D eigenvalue weighted by Crippen LogP contribution is -2.49. The number of amides is 2. The Hall–Kier alpha value is -3.17. The van der Waals surface area contributed by atoms with E-state index in [1.807, 2.05) is 73.3 Å². The molecule has 4 rings (SSSR count). The fraction of sp³-hybridized carbons (Fsp3) is 0.385. The van der Waals surface area contributed by atoms with E-state index in [0.717, 1.165) is 28.9 Å². The number of nitrogens with zero attached hydrogens (tertiary/aromatic N) is 4. The molecule has 0 unspecified atom stereocenters. The first-order valence-corrected chi connectivity index (χ1v) is 12.9. The Balaban J connectivity index is 1.39. The summed E-state index contributed by atoms with van der Waals surface area (Å²) in [5, 5.41) is 4.10. The molecule has 1 aromatic heterocycles. The van der Waals surface area contributed by atoms with Crippen LogP contribution < -0.4 is 11.1 Å². The number of piperazine rings is 1. The fourth-order valence-corrected chi connectivity index (χ4v) is 4.95. The predicted octanol–water partition coefficient (Wildman–Crippen LogP) is 2.99. The van der Waals surface area contributed by atoms with Crippen LogP contribution in [0.25, 0.3) is 10.9 Å². The number of nitrogens with one attached hydrogen (secondary N) is 1. The zero-order valence-electron chi connectivity index (χ0n) is 20.2. The van der Waals surface area contributed by atoms with Crippen LogP contribution in [0.15, 0.2) is 59.5 Å². The second-order valence-corrected chi connectivity index (χ2v) is 10.1. The second-order valence-electron chi connectivity index (χ2n) is 9.03. The number of primary amides is 1. The summed E-state index contributed by atoms with van der Waals surface area (Å²) in [5.41, 5.74) is 6.44. The van der Waals surface area contributed by atoms with E-state index in [-0.39, 0.29) is 11.8 Å². The third-order valence-corrected chi connectivity index (χ3v) is 7.11. The molecular formula is C26H32N6O2S. The van der Waals surface area contributed by atoms with Gasteiger partial charge in [-0.05, 0) is 30.2 Å². The van der Waals surface area contributed by atoms with Crippen molar-refractivity contribution in [3.05, 3.63) is 60.4 Å². The molecule has 0 spiro atoms. The number of para-hydroxylation sites is 1. The van der Waals surface area contributed by atoms with Gasteiger partial charge in [0.2, 0.25) is 11.8 Å². The zero-order valence-corrected chi connectivity index (χ0v) is 21.0. The minimum atomic E-state index is -0.524. The highest BCUT2D eigenvalue weighted by atomic mass is 32.2. The molecule has 1 saturated heterocycles. The molecule has 0 bridgehead atoms. The Bertz CT molecular complexity index is 1160. The third kappa shape index (κ3) is 6.49. The van der Waals surface area contributed by atoms with E-state index in [1.165, 1.54) is 0 Å². The second kappa shape index (κ2) is 11.5. The predicted molar refractivity (Wildman–Crippen MR) is 140 cm³/mol. The van der Waals surface area contributed by atoms with Crippen LogP contribution in [0.1, 0.15) is 19.7 Å². The number of aromatic nitrogens is 2. The molecule has 2 aromatic carbocycles. The van der Waals surface area contributed by atoms with Crippen molar-refractivity contribution in [3.8, 4) is 0 Å². The van der Waals surface area contributed by atoms with E-state index < -0.39 is 11.9 Å². The minimum absolute atomic E-state index is 0.0235. The Morgan fingerprint density at radius 2 is 1.69 bits per heavy atom. The summed E-state index contributed by atoms with van der Waals surface area (Å²) in [6.07, 6.45) is 0. The van der Waals surface area contributed by atoms with Crippen LogP contribution in [0.2, 0.25) is 0 Å². The number of hydrogen-bond acceptors (Lipinski definition) is 7. The van der Waals surface area contributed by atoms with E-state index in [2.05, 4.69) is 10.2 Å². The van der Waals surface area contributed by atoms with Crippen molar-refractivity contribution in [3.63, 3.8) is 0 Å². The topological polar surface area (TPSA) is 104 Å². The first-order chi connectivity index (χ1) is 16.9. The van der Waals surface area contributed by atoms with Gasteiger partial charge >= 0.3 is 0 Å². The SMILES string of the molecule is CC(C)[C@H](Nc1nc(CN2CCN(C(=O)CSc3ccccc3)CC2)nc2ccccc12)C(N)=O. The molecule has 8 nitrogen and oxygen atoms in total. The normalized spacial score (nSPS) is 15.3. The smallest absolute Gasteiger partial charge is 0.240 e. The van der Waals surface area contributed by atoms with Crippen molar-refractivity contribution in [1.82, 2.24) is 19.8 Å². The Labute approximate surface area is 210 Å². The van der Waals surface area contributed by atoms with Gasteiger partial charge in [-0.1, -0.05) is 44.2 Å². The van der Waals surface area contributed by atoms with Crippen LogP contribution in [-0.2, 0) is 16.1 Å². The van der Waals surface area contributed by atoms with Crippen molar-refractivity contribution in [2.45, 2.75) is 31.3 Å². The summed E-state index contributed by atoms with van der Waals surface area (Å²) in [5.74, 6) is 1.53. The van der Waals surface area contributed by atoms with Gasteiger partial charge in [-0.2, -0.15) is 0 Å². The molecule has 1 aliphatic heterocycles. The number of rotatable bonds is 9. The van der Waals surface area contributed by atoms with Crippen molar-refractivity contribution < 1.29 is 9.59 Å². The third-order valence-electron chi connectivity index (χ3n) is 6.11. The molecule has 0 saturated carbocycles. The standard InChI is InChI=1S/C26H32N6O2S/c1-18(2)24(25(27)34)30-26-20-10-6-7-11-21(20)28-22(29-26)16-31-12-14-32(15-13-31)23(33)17-35-19-8-4-3-5-9-19/h3-11,18,24H,12-17H2,1-2H3,(H2,27,34)(H,28,29,30)/t24-/m0/s1. The van der Waals surface area contributed by atoms with E-state index in [4.69, 9.17) is 15.7 Å². The quantitative estimate of drug-likeness (QED) is 0.443. The molecule has 2 heterocycles. The van der Waals surface area contributed by atoms with Gasteiger partial charge in [0.25, 0.3) is 0 Å². The monoisotopic (exact) mass is 492 g/mol. The van der Waals surface area contributed by atoms with Crippen LogP contribution in [-0.4, -0.2) is 69.6 Å². The number of nitrogens with two attached hydrogens (primary N) is 1. The average Bonchev–Trinajstić information content (AvgIpc) is 2.86. The molecule has 1 aliphatic rings. The summed E-state index contributed by atoms with van der Waals surface area (Å²) >= 11 is 1.57. The molecule has 1 atom stereocenters. The van der Waals surface area contributed by atoms with E-state index >= 15 is 0 Å². The molecule has 2 amide bonds. The zero-order chi connectivity index (χ0) is 24.8. The van der Waals surface area contributed by atoms with Gasteiger partial charge in [0.1, 0.15) is 17.7 Å². The Morgan fingerprint density at radius 3 is 2.37 bits per heavy atom. The highest BCUT2D eigenvalue weighted by molar-refractivity contribution is 8.00. The number of thioether (sulfide) groups is 1. The van der Waals surface area contributed by atoms with Gasteiger partial charge in [0.15, 0.2) is 0 Å². The van der Waals surface area contributed by atoms with Gasteiger partial charge < -0.3 is 16.0 Å². The molecule has 3 aromatic rings. The number of anilines is 1. The number of carbonyl (C=O) groups excluding carboxylic acids is 2. The molecule has 35 heavy (non-hydrogen) atoms. The van der Waals surface area contributed by atoms with Crippen LogP contribution in [0.4, 0.5) is 5.82 Å². The molecule has 3 N–H and O–H groups in total. The van der Waals surface area contributed by atoms with E-state index in [1.54, 1.807) is 11.8 Å². The molecular weight excluding hydrogens is 460 g/mol. The largest absolute Gasteiger partial charge is 0.368 e. The van der Waals surface area contributed by atoms with Gasteiger partial charge in [0, 0.05) is 36.5 Å². The summed E-state index contributed by atoms with van der Waals surface area (Å²) in [4.78, 5) is 39.4. The van der Waals surface area contributed by atoms with Crippen molar-refractivity contribution in [1.29, 1.82) is 0 Å². The van der Waals surface area contributed by atoms with Crippen molar-refractivity contribution >= 4 is 40.3 Å². The van der Waals surface area contributed by atoms with Crippen LogP contribution in [0.5, 0.6) is 0 Å². The molecule has 184 valence electrons.